The SMILES string of the molecule is Cc1cc(C(C)NS(=O)C(C)(C)C)cnc1Sc1ccc(F)cc1. The van der Waals surface area contributed by atoms with Crippen molar-refractivity contribution in [1.82, 2.24) is 9.71 Å². The van der Waals surface area contributed by atoms with Crippen LogP contribution in [-0.4, -0.2) is 13.9 Å². The minimum absolute atomic E-state index is 0.0545. The number of nitrogens with zero attached hydrogens (tertiary/aromatic N) is 1. The minimum Gasteiger partial charge on any atom is -0.249 e. The maximum Gasteiger partial charge on any atom is 0.123 e. The maximum atomic E-state index is 13.0. The van der Waals surface area contributed by atoms with E-state index in [0.29, 0.717) is 0 Å². The van der Waals surface area contributed by atoms with E-state index in [4.69, 9.17) is 0 Å². The van der Waals surface area contributed by atoms with Gasteiger partial charge in [0.2, 0.25) is 0 Å². The largest absolute Gasteiger partial charge is 0.249 e. The summed E-state index contributed by atoms with van der Waals surface area (Å²) in [5, 5.41) is 0.884. The molecule has 0 bridgehead atoms. The highest BCUT2D eigenvalue weighted by Crippen LogP contribution is 2.30. The molecule has 0 amide bonds. The van der Waals surface area contributed by atoms with Gasteiger partial charge < -0.3 is 0 Å². The van der Waals surface area contributed by atoms with E-state index in [1.165, 1.54) is 23.9 Å². The lowest BCUT2D eigenvalue weighted by molar-refractivity contribution is 0.615. The van der Waals surface area contributed by atoms with Gasteiger partial charge in [0.05, 0.1) is 15.7 Å². The van der Waals surface area contributed by atoms with Crippen molar-refractivity contribution in [1.29, 1.82) is 0 Å². The molecule has 0 spiro atoms. The van der Waals surface area contributed by atoms with E-state index in [2.05, 4.69) is 15.8 Å². The number of pyridine rings is 1. The fraction of sp³-hybridized carbons (Fsp3) is 0.389. The van der Waals surface area contributed by atoms with Gasteiger partial charge in [-0.3, -0.25) is 0 Å². The summed E-state index contributed by atoms with van der Waals surface area (Å²) in [6, 6.07) is 8.37. The predicted octanol–water partition coefficient (Wildman–Crippen LogP) is 4.79. The standard InChI is InChI=1S/C18H23FN2OS2/c1-12-10-14(13(2)21-24(22)18(3,4)5)11-20-17(12)23-16-8-6-15(19)7-9-16/h6-11,13,21H,1-5H3. The van der Waals surface area contributed by atoms with Crippen LogP contribution in [-0.2, 0) is 11.0 Å². The van der Waals surface area contributed by atoms with Gasteiger partial charge in [0.1, 0.15) is 10.8 Å². The lowest BCUT2D eigenvalue weighted by Crippen LogP contribution is -2.34. The molecule has 2 unspecified atom stereocenters. The van der Waals surface area contributed by atoms with Crippen molar-refractivity contribution in [3.05, 3.63) is 53.5 Å². The summed E-state index contributed by atoms with van der Waals surface area (Å²) >= 11 is 1.50. The highest BCUT2D eigenvalue weighted by Gasteiger charge is 2.22. The van der Waals surface area contributed by atoms with Gasteiger partial charge in [0, 0.05) is 17.1 Å². The maximum absolute atomic E-state index is 13.0. The number of benzene rings is 1. The van der Waals surface area contributed by atoms with Crippen LogP contribution in [0.25, 0.3) is 0 Å². The molecule has 1 heterocycles. The average molecular weight is 367 g/mol. The van der Waals surface area contributed by atoms with Crippen molar-refractivity contribution in [2.75, 3.05) is 0 Å². The van der Waals surface area contributed by atoms with Crippen LogP contribution in [0, 0.1) is 12.7 Å². The molecule has 3 nitrogen and oxygen atoms in total. The molecule has 1 aromatic heterocycles. The first-order chi connectivity index (χ1) is 11.2. The third-order valence-electron chi connectivity index (χ3n) is 3.42. The van der Waals surface area contributed by atoms with Gasteiger partial charge in [-0.15, -0.1) is 0 Å². The Morgan fingerprint density at radius 3 is 2.42 bits per heavy atom. The van der Waals surface area contributed by atoms with Crippen LogP contribution in [0.3, 0.4) is 0 Å². The Hall–Kier alpha value is -1.24. The number of nitrogens with one attached hydrogen (secondary N) is 1. The number of hydrogen-bond acceptors (Lipinski definition) is 3. The summed E-state index contributed by atoms with van der Waals surface area (Å²) in [5.41, 5.74) is 2.03. The van der Waals surface area contributed by atoms with Crippen molar-refractivity contribution in [3.63, 3.8) is 0 Å². The summed E-state index contributed by atoms with van der Waals surface area (Å²) in [5.74, 6) is -0.244. The first kappa shape index (κ1) is 19.1. The zero-order chi connectivity index (χ0) is 17.9. The highest BCUT2D eigenvalue weighted by molar-refractivity contribution is 7.99. The number of aryl methyl sites for hydroxylation is 1. The highest BCUT2D eigenvalue weighted by atomic mass is 32.2. The number of hydrogen-bond donors (Lipinski definition) is 1. The quantitative estimate of drug-likeness (QED) is 0.827. The molecular weight excluding hydrogens is 343 g/mol. The van der Waals surface area contributed by atoms with E-state index in [0.717, 1.165) is 21.0 Å². The molecule has 0 aliphatic carbocycles. The smallest absolute Gasteiger partial charge is 0.123 e. The van der Waals surface area contributed by atoms with Crippen molar-refractivity contribution < 1.29 is 8.60 Å². The zero-order valence-corrected chi connectivity index (χ0v) is 16.2. The summed E-state index contributed by atoms with van der Waals surface area (Å²) in [6.07, 6.45) is 1.80. The first-order valence-electron chi connectivity index (χ1n) is 7.75. The molecule has 2 rings (SSSR count). The molecule has 0 aliphatic rings. The van der Waals surface area contributed by atoms with E-state index in [1.54, 1.807) is 18.3 Å². The van der Waals surface area contributed by atoms with E-state index in [-0.39, 0.29) is 16.6 Å². The van der Waals surface area contributed by atoms with Gasteiger partial charge in [-0.2, -0.15) is 0 Å². The van der Waals surface area contributed by atoms with Gasteiger partial charge in [-0.25, -0.2) is 18.3 Å². The predicted molar refractivity (Wildman–Crippen MR) is 98.9 cm³/mol. The molecule has 0 fully saturated rings. The molecular formula is C18H23FN2OS2. The Balaban J connectivity index is 2.11. The van der Waals surface area contributed by atoms with E-state index in [9.17, 15) is 8.60 Å². The Morgan fingerprint density at radius 1 is 1.25 bits per heavy atom. The molecule has 2 aromatic rings. The molecule has 6 heteroatoms. The van der Waals surface area contributed by atoms with Gasteiger partial charge in [0.15, 0.2) is 0 Å². The second-order valence-electron chi connectivity index (χ2n) is 6.67. The molecule has 0 saturated heterocycles. The third-order valence-corrected chi connectivity index (χ3v) is 6.23. The van der Waals surface area contributed by atoms with Gasteiger partial charge in [-0.1, -0.05) is 17.8 Å². The summed E-state index contributed by atoms with van der Waals surface area (Å²) < 4.78 is 28.0. The Labute approximate surface area is 150 Å². The van der Waals surface area contributed by atoms with Gasteiger partial charge >= 0.3 is 0 Å². The van der Waals surface area contributed by atoms with Gasteiger partial charge in [-0.05, 0) is 70.0 Å². The van der Waals surface area contributed by atoms with E-state index >= 15 is 0 Å². The molecule has 1 aromatic carbocycles. The second-order valence-corrected chi connectivity index (χ2v) is 9.73. The molecule has 24 heavy (non-hydrogen) atoms. The minimum atomic E-state index is -1.13. The van der Waals surface area contributed by atoms with Crippen LogP contribution in [0.2, 0.25) is 0 Å². The van der Waals surface area contributed by atoms with Crippen LogP contribution in [0.5, 0.6) is 0 Å². The molecule has 130 valence electrons. The van der Waals surface area contributed by atoms with Crippen LogP contribution >= 0.6 is 11.8 Å². The first-order valence-corrected chi connectivity index (χ1v) is 9.71. The van der Waals surface area contributed by atoms with Crippen molar-refractivity contribution in [3.8, 4) is 0 Å². The molecule has 2 atom stereocenters. The monoisotopic (exact) mass is 366 g/mol. The Bertz CT molecular complexity index is 727. The molecule has 1 N–H and O–H groups in total. The number of halogens is 1. The van der Waals surface area contributed by atoms with Crippen LogP contribution < -0.4 is 4.72 Å². The summed E-state index contributed by atoms with van der Waals surface area (Å²) in [4.78, 5) is 5.46. The fourth-order valence-corrected chi connectivity index (χ4v) is 3.58. The van der Waals surface area contributed by atoms with Gasteiger partial charge in [0.25, 0.3) is 0 Å². The van der Waals surface area contributed by atoms with E-state index in [1.807, 2.05) is 34.6 Å². The molecule has 0 aliphatic heterocycles. The van der Waals surface area contributed by atoms with Crippen LogP contribution in [0.4, 0.5) is 4.39 Å². The fourth-order valence-electron chi connectivity index (χ4n) is 1.95. The van der Waals surface area contributed by atoms with E-state index < -0.39 is 11.0 Å². The number of rotatable bonds is 5. The zero-order valence-electron chi connectivity index (χ0n) is 14.6. The third kappa shape index (κ3) is 5.13. The van der Waals surface area contributed by atoms with Crippen molar-refractivity contribution in [2.24, 2.45) is 0 Å². The topological polar surface area (TPSA) is 42.0 Å². The molecule has 0 radical (unpaired) electrons. The summed E-state index contributed by atoms with van der Waals surface area (Å²) in [6.45, 7) is 9.79. The van der Waals surface area contributed by atoms with Crippen molar-refractivity contribution >= 4 is 22.7 Å². The lowest BCUT2D eigenvalue weighted by Gasteiger charge is -2.22. The second kappa shape index (κ2) is 7.76. The lowest BCUT2D eigenvalue weighted by atomic mass is 10.1. The average Bonchev–Trinajstić information content (AvgIpc) is 2.50. The van der Waals surface area contributed by atoms with Crippen LogP contribution in [0.1, 0.15) is 44.9 Å². The van der Waals surface area contributed by atoms with Crippen molar-refractivity contribution in [2.45, 2.75) is 55.3 Å². The summed E-state index contributed by atoms with van der Waals surface area (Å²) in [7, 11) is -1.13. The number of aromatic nitrogens is 1. The van der Waals surface area contributed by atoms with Crippen LogP contribution in [0.15, 0.2) is 46.5 Å². The Kier molecular flexibility index (Phi) is 6.17. The molecule has 0 saturated carbocycles. The Morgan fingerprint density at radius 2 is 1.88 bits per heavy atom. The normalized spacial score (nSPS) is 14.4.